The average molecular weight is 234 g/mol. The molecule has 0 amide bonds. The first-order valence-electron chi connectivity index (χ1n) is 5.05. The Balaban J connectivity index is 2.24. The van der Waals surface area contributed by atoms with Crippen molar-refractivity contribution in [3.8, 4) is 0 Å². The van der Waals surface area contributed by atoms with Gasteiger partial charge in [-0.05, 0) is 30.4 Å². The van der Waals surface area contributed by atoms with Crippen LogP contribution in [0.5, 0.6) is 0 Å². The molecule has 1 aromatic heterocycles. The second-order valence-electron chi connectivity index (χ2n) is 3.41. The first-order valence-corrected chi connectivity index (χ1v) is 5.87. The van der Waals surface area contributed by atoms with Gasteiger partial charge in [0.1, 0.15) is 6.33 Å². The van der Waals surface area contributed by atoms with E-state index in [2.05, 4.69) is 27.5 Å². The van der Waals surface area contributed by atoms with Gasteiger partial charge in [-0.25, -0.2) is 9.67 Å². The molecule has 0 saturated carbocycles. The highest BCUT2D eigenvalue weighted by atomic mass is 32.2. The van der Waals surface area contributed by atoms with Crippen LogP contribution in [-0.4, -0.2) is 21.8 Å². The van der Waals surface area contributed by atoms with Crippen LogP contribution >= 0.6 is 11.8 Å². The smallest absolute Gasteiger partial charge is 0.190 e. The maximum Gasteiger partial charge on any atom is 0.190 e. The Kier molecular flexibility index (Phi) is 3.58. The highest BCUT2D eigenvalue weighted by Gasteiger charge is 2.06. The molecule has 84 valence electrons. The van der Waals surface area contributed by atoms with Gasteiger partial charge < -0.3 is 5.32 Å². The van der Waals surface area contributed by atoms with Crippen LogP contribution in [0.15, 0.2) is 40.6 Å². The summed E-state index contributed by atoms with van der Waals surface area (Å²) in [6.07, 6.45) is 1.57. The average Bonchev–Trinajstić information content (AvgIpc) is 2.68. The van der Waals surface area contributed by atoms with Crippen molar-refractivity contribution in [3.63, 3.8) is 0 Å². The summed E-state index contributed by atoms with van der Waals surface area (Å²) in [4.78, 5) is 5.42. The molecule has 0 spiro atoms. The number of aryl methyl sites for hydroxylation is 1. The van der Waals surface area contributed by atoms with E-state index in [-0.39, 0.29) is 0 Å². The van der Waals surface area contributed by atoms with Crippen molar-refractivity contribution < 1.29 is 0 Å². The van der Waals surface area contributed by atoms with E-state index in [1.807, 2.05) is 26.2 Å². The third-order valence-corrected chi connectivity index (χ3v) is 3.38. The molecular formula is C11H14N4S. The molecule has 0 aliphatic carbocycles. The normalized spacial score (nSPS) is 10.6. The molecule has 5 heteroatoms. The fraction of sp³-hybridized carbons (Fsp3) is 0.273. The molecule has 2 rings (SSSR count). The Morgan fingerprint density at radius 1 is 1.38 bits per heavy atom. The molecule has 4 nitrogen and oxygen atoms in total. The van der Waals surface area contributed by atoms with Gasteiger partial charge in [0, 0.05) is 18.5 Å². The number of rotatable bonds is 4. The molecule has 1 aromatic carbocycles. The zero-order chi connectivity index (χ0) is 11.4. The van der Waals surface area contributed by atoms with Gasteiger partial charge in [-0.2, -0.15) is 5.10 Å². The van der Waals surface area contributed by atoms with Crippen LogP contribution in [0.25, 0.3) is 0 Å². The largest absolute Gasteiger partial charge is 0.316 e. The molecule has 0 bridgehead atoms. The van der Waals surface area contributed by atoms with Crippen LogP contribution in [0, 0.1) is 0 Å². The number of aromatic nitrogens is 3. The van der Waals surface area contributed by atoms with Crippen molar-refractivity contribution in [2.24, 2.45) is 7.05 Å². The maximum atomic E-state index is 4.21. The number of hydrogen-bond acceptors (Lipinski definition) is 4. The Morgan fingerprint density at radius 3 is 2.88 bits per heavy atom. The standard InChI is InChI=1S/C11H14N4S/c1-12-7-9-5-3-4-6-10(9)16-11-13-8-14-15(11)2/h3-6,8,12H,7H2,1-2H3. The highest BCUT2D eigenvalue weighted by molar-refractivity contribution is 7.99. The van der Waals surface area contributed by atoms with Gasteiger partial charge in [-0.15, -0.1) is 0 Å². The van der Waals surface area contributed by atoms with E-state index in [1.165, 1.54) is 10.5 Å². The number of benzene rings is 1. The van der Waals surface area contributed by atoms with Gasteiger partial charge in [-0.3, -0.25) is 0 Å². The second kappa shape index (κ2) is 5.14. The Bertz CT molecular complexity index is 467. The molecule has 0 saturated heterocycles. The van der Waals surface area contributed by atoms with E-state index in [1.54, 1.807) is 22.8 Å². The lowest BCUT2D eigenvalue weighted by molar-refractivity contribution is 0.684. The lowest BCUT2D eigenvalue weighted by atomic mass is 10.2. The second-order valence-corrected chi connectivity index (χ2v) is 4.42. The Hall–Kier alpha value is -1.33. The molecule has 0 atom stereocenters. The lowest BCUT2D eigenvalue weighted by Gasteiger charge is -2.07. The summed E-state index contributed by atoms with van der Waals surface area (Å²) in [5.74, 6) is 0. The van der Waals surface area contributed by atoms with Gasteiger partial charge in [0.15, 0.2) is 5.16 Å². The van der Waals surface area contributed by atoms with Crippen molar-refractivity contribution in [1.82, 2.24) is 20.1 Å². The molecule has 0 fully saturated rings. The van der Waals surface area contributed by atoms with Crippen LogP contribution in [0.3, 0.4) is 0 Å². The van der Waals surface area contributed by atoms with E-state index in [9.17, 15) is 0 Å². The fourth-order valence-electron chi connectivity index (χ4n) is 1.42. The molecule has 1 heterocycles. The van der Waals surface area contributed by atoms with E-state index >= 15 is 0 Å². The predicted octanol–water partition coefficient (Wildman–Crippen LogP) is 1.69. The summed E-state index contributed by atoms with van der Waals surface area (Å²) in [5, 5.41) is 8.13. The van der Waals surface area contributed by atoms with E-state index in [0.29, 0.717) is 0 Å². The Labute approximate surface area is 99.1 Å². The van der Waals surface area contributed by atoms with Gasteiger partial charge in [0.05, 0.1) is 0 Å². The van der Waals surface area contributed by atoms with Crippen molar-refractivity contribution in [2.45, 2.75) is 16.6 Å². The van der Waals surface area contributed by atoms with Crippen LogP contribution < -0.4 is 5.32 Å². The molecule has 0 radical (unpaired) electrons. The minimum absolute atomic E-state index is 0.862. The van der Waals surface area contributed by atoms with Crippen LogP contribution in [0.4, 0.5) is 0 Å². The summed E-state index contributed by atoms with van der Waals surface area (Å²) in [6, 6.07) is 8.31. The molecule has 1 N–H and O–H groups in total. The number of nitrogens with one attached hydrogen (secondary N) is 1. The van der Waals surface area contributed by atoms with Crippen molar-refractivity contribution in [1.29, 1.82) is 0 Å². The van der Waals surface area contributed by atoms with Crippen LogP contribution in [0.2, 0.25) is 0 Å². The van der Waals surface area contributed by atoms with Gasteiger partial charge in [0.25, 0.3) is 0 Å². The molecule has 2 aromatic rings. The Morgan fingerprint density at radius 2 is 2.19 bits per heavy atom. The van der Waals surface area contributed by atoms with Gasteiger partial charge in [0.2, 0.25) is 0 Å². The third kappa shape index (κ3) is 2.43. The van der Waals surface area contributed by atoms with Crippen molar-refractivity contribution in [2.75, 3.05) is 7.05 Å². The minimum Gasteiger partial charge on any atom is -0.316 e. The number of nitrogens with zero attached hydrogens (tertiary/aromatic N) is 3. The van der Waals surface area contributed by atoms with E-state index in [4.69, 9.17) is 0 Å². The van der Waals surface area contributed by atoms with Crippen LogP contribution in [-0.2, 0) is 13.6 Å². The zero-order valence-corrected chi connectivity index (χ0v) is 10.2. The first-order chi connectivity index (χ1) is 7.81. The van der Waals surface area contributed by atoms with Gasteiger partial charge >= 0.3 is 0 Å². The quantitative estimate of drug-likeness (QED) is 0.874. The first kappa shape index (κ1) is 11.2. The monoisotopic (exact) mass is 234 g/mol. The summed E-state index contributed by atoms with van der Waals surface area (Å²) in [6.45, 7) is 0.862. The fourth-order valence-corrected chi connectivity index (χ4v) is 2.31. The topological polar surface area (TPSA) is 42.7 Å². The molecule has 0 aliphatic heterocycles. The lowest BCUT2D eigenvalue weighted by Crippen LogP contribution is -2.06. The van der Waals surface area contributed by atoms with Crippen molar-refractivity contribution in [3.05, 3.63) is 36.2 Å². The summed E-state index contributed by atoms with van der Waals surface area (Å²) in [5.41, 5.74) is 1.28. The highest BCUT2D eigenvalue weighted by Crippen LogP contribution is 2.28. The minimum atomic E-state index is 0.862. The summed E-state index contributed by atoms with van der Waals surface area (Å²) >= 11 is 1.64. The summed E-state index contributed by atoms with van der Waals surface area (Å²) < 4.78 is 1.78. The van der Waals surface area contributed by atoms with Gasteiger partial charge in [-0.1, -0.05) is 18.2 Å². The predicted molar refractivity (Wildman–Crippen MR) is 64.3 cm³/mol. The third-order valence-electron chi connectivity index (χ3n) is 2.21. The zero-order valence-electron chi connectivity index (χ0n) is 9.34. The maximum absolute atomic E-state index is 4.21. The molecule has 0 aliphatic rings. The molecule has 16 heavy (non-hydrogen) atoms. The summed E-state index contributed by atoms with van der Waals surface area (Å²) in [7, 11) is 3.85. The molecular weight excluding hydrogens is 220 g/mol. The molecule has 0 unspecified atom stereocenters. The SMILES string of the molecule is CNCc1ccccc1Sc1ncnn1C. The van der Waals surface area contributed by atoms with Crippen molar-refractivity contribution >= 4 is 11.8 Å². The van der Waals surface area contributed by atoms with Crippen LogP contribution in [0.1, 0.15) is 5.56 Å². The van der Waals surface area contributed by atoms with E-state index in [0.717, 1.165) is 11.7 Å². The van der Waals surface area contributed by atoms with E-state index < -0.39 is 0 Å². The number of hydrogen-bond donors (Lipinski definition) is 1.